The molecule has 3 heterocycles. The van der Waals surface area contributed by atoms with Crippen molar-refractivity contribution in [2.45, 2.75) is 38.7 Å². The van der Waals surface area contributed by atoms with Gasteiger partial charge in [0.05, 0.1) is 22.7 Å². The van der Waals surface area contributed by atoms with Gasteiger partial charge in [0.1, 0.15) is 11.6 Å². The number of nitrogens with zero attached hydrogens (tertiary/aromatic N) is 3. The number of aryl methyl sites for hydroxylation is 1. The molecule has 3 N–H and O–H groups in total. The summed E-state index contributed by atoms with van der Waals surface area (Å²) in [5, 5.41) is 7.32. The fourth-order valence-electron chi connectivity index (χ4n) is 4.65. The van der Waals surface area contributed by atoms with Crippen LogP contribution in [-0.4, -0.2) is 54.7 Å². The largest absolute Gasteiger partial charge is 0.437 e. The second kappa shape index (κ2) is 12.3. The summed E-state index contributed by atoms with van der Waals surface area (Å²) in [6, 6.07) is 11.3. The molecule has 2 aromatic heterocycles. The number of hydrogen-bond acceptors (Lipinski definition) is 8. The van der Waals surface area contributed by atoms with E-state index in [4.69, 9.17) is 4.74 Å². The Morgan fingerprint density at radius 3 is 2.71 bits per heavy atom. The van der Waals surface area contributed by atoms with Gasteiger partial charge in [0.25, 0.3) is 0 Å². The molecular formula is C28H29F3N6O3S. The molecule has 0 radical (unpaired) electrons. The Morgan fingerprint density at radius 2 is 1.93 bits per heavy atom. The minimum Gasteiger partial charge on any atom is -0.437 e. The highest BCUT2D eigenvalue weighted by atomic mass is 32.2. The second-order valence-corrected chi connectivity index (χ2v) is 11.6. The van der Waals surface area contributed by atoms with Crippen molar-refractivity contribution >= 4 is 32.4 Å². The van der Waals surface area contributed by atoms with Crippen LogP contribution in [-0.2, 0) is 10.0 Å². The van der Waals surface area contributed by atoms with E-state index in [-0.39, 0.29) is 23.0 Å². The molecule has 216 valence electrons. The number of nitrogens with one attached hydrogen (secondary N) is 3. The number of fused-ring (bicyclic) bond motifs is 1. The molecule has 0 unspecified atom stereocenters. The van der Waals surface area contributed by atoms with Crippen LogP contribution in [0.5, 0.6) is 11.6 Å². The lowest BCUT2D eigenvalue weighted by atomic mass is 10.0. The molecule has 41 heavy (non-hydrogen) atoms. The fourth-order valence-corrected chi connectivity index (χ4v) is 5.76. The van der Waals surface area contributed by atoms with Gasteiger partial charge in [-0.05, 0) is 62.2 Å². The molecule has 0 saturated carbocycles. The van der Waals surface area contributed by atoms with Crippen molar-refractivity contribution in [3.63, 3.8) is 0 Å². The Labute approximate surface area is 235 Å². The van der Waals surface area contributed by atoms with Gasteiger partial charge >= 0.3 is 0 Å². The number of alkyl halides is 2. The molecule has 5 rings (SSSR count). The van der Waals surface area contributed by atoms with Gasteiger partial charge in [-0.2, -0.15) is 0 Å². The molecule has 0 bridgehead atoms. The Morgan fingerprint density at radius 1 is 1.10 bits per heavy atom. The highest BCUT2D eigenvalue weighted by molar-refractivity contribution is 7.92. The second-order valence-electron chi connectivity index (χ2n) is 9.74. The van der Waals surface area contributed by atoms with E-state index in [0.29, 0.717) is 33.9 Å². The molecule has 1 saturated heterocycles. The topological polar surface area (TPSA) is 118 Å². The number of rotatable bonds is 10. The zero-order chi connectivity index (χ0) is 29.0. The Hall–Kier alpha value is -3.97. The molecular weight excluding hydrogens is 557 g/mol. The van der Waals surface area contributed by atoms with Crippen molar-refractivity contribution in [1.82, 2.24) is 20.3 Å². The highest BCUT2D eigenvalue weighted by Crippen LogP contribution is 2.39. The van der Waals surface area contributed by atoms with E-state index in [1.54, 1.807) is 49.6 Å². The summed E-state index contributed by atoms with van der Waals surface area (Å²) in [6.07, 6.45) is 1.62. The van der Waals surface area contributed by atoms with E-state index in [2.05, 4.69) is 30.3 Å². The molecule has 4 aromatic rings. The maximum absolute atomic E-state index is 14.8. The molecule has 0 spiro atoms. The first kappa shape index (κ1) is 28.6. The monoisotopic (exact) mass is 586 g/mol. The summed E-state index contributed by atoms with van der Waals surface area (Å²) in [6.45, 7) is 3.60. The summed E-state index contributed by atoms with van der Waals surface area (Å²) in [5.41, 5.74) is 1.51. The third-order valence-electron chi connectivity index (χ3n) is 6.69. The van der Waals surface area contributed by atoms with Crippen LogP contribution in [0.2, 0.25) is 0 Å². The van der Waals surface area contributed by atoms with Crippen LogP contribution >= 0.6 is 0 Å². The third kappa shape index (κ3) is 6.85. The van der Waals surface area contributed by atoms with Gasteiger partial charge < -0.3 is 15.4 Å². The van der Waals surface area contributed by atoms with E-state index in [1.807, 2.05) is 0 Å². The van der Waals surface area contributed by atoms with Crippen LogP contribution in [0.15, 0.2) is 54.9 Å². The number of benzene rings is 2. The van der Waals surface area contributed by atoms with E-state index < -0.39 is 34.4 Å². The number of piperidine rings is 1. The van der Waals surface area contributed by atoms with Crippen LogP contribution < -0.4 is 20.1 Å². The lowest BCUT2D eigenvalue weighted by Gasteiger charge is -2.23. The number of hydrogen-bond donors (Lipinski definition) is 3. The van der Waals surface area contributed by atoms with Gasteiger partial charge in [-0.3, -0.25) is 4.72 Å². The molecule has 13 heteroatoms. The molecule has 0 aliphatic carbocycles. The molecule has 2 aromatic carbocycles. The molecule has 1 aliphatic heterocycles. The minimum absolute atomic E-state index is 0.207. The number of ether oxygens (including phenoxy) is 1. The number of pyridine rings is 1. The first-order chi connectivity index (χ1) is 19.7. The van der Waals surface area contributed by atoms with Crippen LogP contribution in [0.4, 0.5) is 24.8 Å². The standard InChI is InChI=1S/C28H29F3N6O3S/c1-17-6-7-19-20(8-9-22(29)25(19)37-41(38,39)15-11-24(30)31)26(17)40-27-21(5-3-13-33-27)23-10-14-34-28(36-23)35-18-4-2-12-32-16-18/h3,5-10,13-14,18,24,32,37H,2,4,11-12,15-16H2,1H3,(H,34,35,36)/t18-/m0/s1. The predicted molar refractivity (Wildman–Crippen MR) is 152 cm³/mol. The molecule has 1 atom stereocenters. The SMILES string of the molecule is Cc1ccc2c(NS(=O)(=O)CCC(F)F)c(F)ccc2c1Oc1ncccc1-c1ccnc(N[C@H]2CCCNC2)n1. The van der Waals surface area contributed by atoms with Crippen LogP contribution in [0.25, 0.3) is 22.0 Å². The first-order valence-corrected chi connectivity index (χ1v) is 14.8. The summed E-state index contributed by atoms with van der Waals surface area (Å²) < 4.78 is 73.4. The average molecular weight is 587 g/mol. The van der Waals surface area contributed by atoms with Crippen molar-refractivity contribution in [3.05, 3.63) is 66.2 Å². The van der Waals surface area contributed by atoms with E-state index >= 15 is 0 Å². The normalized spacial score (nSPS) is 15.7. The van der Waals surface area contributed by atoms with Crippen molar-refractivity contribution in [2.75, 3.05) is 28.9 Å². The molecule has 0 amide bonds. The van der Waals surface area contributed by atoms with Gasteiger partial charge in [0.2, 0.25) is 28.3 Å². The van der Waals surface area contributed by atoms with Crippen molar-refractivity contribution in [1.29, 1.82) is 0 Å². The lowest BCUT2D eigenvalue weighted by Crippen LogP contribution is -2.38. The summed E-state index contributed by atoms with van der Waals surface area (Å²) in [4.78, 5) is 13.4. The van der Waals surface area contributed by atoms with Gasteiger partial charge in [0, 0.05) is 42.2 Å². The predicted octanol–water partition coefficient (Wildman–Crippen LogP) is 5.49. The van der Waals surface area contributed by atoms with Crippen molar-refractivity contribution in [3.8, 4) is 22.9 Å². The zero-order valence-electron chi connectivity index (χ0n) is 22.2. The van der Waals surface area contributed by atoms with Crippen molar-refractivity contribution < 1.29 is 26.3 Å². The third-order valence-corrected chi connectivity index (χ3v) is 7.98. The van der Waals surface area contributed by atoms with Gasteiger partial charge in [-0.1, -0.05) is 12.1 Å². The maximum Gasteiger partial charge on any atom is 0.239 e. The Balaban J connectivity index is 1.48. The highest BCUT2D eigenvalue weighted by Gasteiger charge is 2.21. The van der Waals surface area contributed by atoms with Crippen molar-refractivity contribution in [2.24, 2.45) is 0 Å². The maximum atomic E-state index is 14.8. The first-order valence-electron chi connectivity index (χ1n) is 13.1. The van der Waals surface area contributed by atoms with Crippen LogP contribution in [0.3, 0.4) is 0 Å². The molecule has 9 nitrogen and oxygen atoms in total. The minimum atomic E-state index is -4.23. The summed E-state index contributed by atoms with van der Waals surface area (Å²) in [7, 11) is -4.23. The van der Waals surface area contributed by atoms with E-state index in [1.165, 1.54) is 6.07 Å². The lowest BCUT2D eigenvalue weighted by molar-refractivity contribution is 0.145. The summed E-state index contributed by atoms with van der Waals surface area (Å²) >= 11 is 0. The molecule has 1 fully saturated rings. The number of halogens is 3. The summed E-state index contributed by atoms with van der Waals surface area (Å²) in [5.74, 6) is -0.654. The van der Waals surface area contributed by atoms with Gasteiger partial charge in [-0.15, -0.1) is 0 Å². The molecule has 1 aliphatic rings. The van der Waals surface area contributed by atoms with Crippen LogP contribution in [0.1, 0.15) is 24.8 Å². The van der Waals surface area contributed by atoms with Gasteiger partial charge in [-0.25, -0.2) is 36.5 Å². The smallest absolute Gasteiger partial charge is 0.239 e. The quantitative estimate of drug-likeness (QED) is 0.223. The number of sulfonamides is 1. The fraction of sp³-hybridized carbons (Fsp3) is 0.321. The van der Waals surface area contributed by atoms with Crippen LogP contribution in [0, 0.1) is 12.7 Å². The Kier molecular flexibility index (Phi) is 8.54. The zero-order valence-corrected chi connectivity index (χ0v) is 23.0. The number of anilines is 2. The van der Waals surface area contributed by atoms with Gasteiger partial charge in [0.15, 0.2) is 0 Å². The van der Waals surface area contributed by atoms with E-state index in [0.717, 1.165) is 32.0 Å². The van der Waals surface area contributed by atoms with E-state index in [9.17, 15) is 21.6 Å². The number of aromatic nitrogens is 3. The Bertz CT molecular complexity index is 1650. The average Bonchev–Trinajstić information content (AvgIpc) is 2.96.